The van der Waals surface area contributed by atoms with Crippen molar-refractivity contribution in [1.82, 2.24) is 0 Å². The van der Waals surface area contributed by atoms with E-state index >= 15 is 0 Å². The minimum atomic E-state index is -2.09. The number of aliphatic carboxylic acids is 2. The summed E-state index contributed by atoms with van der Waals surface area (Å²) in [6.45, 7) is -0.907. The second kappa shape index (κ2) is 3.54. The minimum absolute atomic E-state index is 0.805. The zero-order valence-corrected chi connectivity index (χ0v) is 6.21. The van der Waals surface area contributed by atoms with Crippen molar-refractivity contribution in [3.8, 4) is 0 Å². The molecule has 0 saturated heterocycles. The van der Waals surface area contributed by atoms with Crippen LogP contribution < -0.4 is 0 Å². The maximum absolute atomic E-state index is 10.2. The highest BCUT2D eigenvalue weighted by atomic mass is 35.5. The van der Waals surface area contributed by atoms with Crippen molar-refractivity contribution in [2.75, 3.05) is 6.61 Å². The van der Waals surface area contributed by atoms with Gasteiger partial charge in [-0.05, 0) is 0 Å². The molecule has 0 aromatic rings. The van der Waals surface area contributed by atoms with Crippen molar-refractivity contribution in [1.29, 1.82) is 0 Å². The molecule has 0 aliphatic rings. The predicted molar refractivity (Wildman–Crippen MR) is 35.6 cm³/mol. The fourth-order valence-corrected chi connectivity index (χ4v) is 0.553. The molecule has 5 nitrogen and oxygen atoms in total. The molecule has 0 aromatic heterocycles. The molecule has 6 heteroatoms. The molecule has 0 amide bonds. The number of carboxylic acid groups (broad SMARTS) is 2. The molecule has 0 aliphatic carbocycles. The molecule has 0 fully saturated rings. The third-order valence-corrected chi connectivity index (χ3v) is 1.48. The lowest BCUT2D eigenvalue weighted by atomic mass is 10.1. The first-order valence-corrected chi connectivity index (χ1v) is 3.05. The Morgan fingerprint density at radius 3 is 1.91 bits per heavy atom. The molecule has 0 radical (unpaired) electrons. The molecule has 0 bridgehead atoms. The average Bonchev–Trinajstić information content (AvgIpc) is 1.86. The quantitative estimate of drug-likeness (QED) is 0.511. The first-order valence-electron chi connectivity index (χ1n) is 2.67. The van der Waals surface area contributed by atoms with Crippen LogP contribution in [0.25, 0.3) is 0 Å². The average molecular weight is 183 g/mol. The summed E-state index contributed by atoms with van der Waals surface area (Å²) in [7, 11) is 0. The van der Waals surface area contributed by atoms with Crippen LogP contribution in [0, 0.1) is 0 Å². The second-order valence-electron chi connectivity index (χ2n) is 2.00. The number of aliphatic hydroxyl groups is 1. The summed E-state index contributed by atoms with van der Waals surface area (Å²) in [6.07, 6.45) is -0.805. The summed E-state index contributed by atoms with van der Waals surface area (Å²) in [6, 6.07) is 0. The topological polar surface area (TPSA) is 94.8 Å². The van der Waals surface area contributed by atoms with Crippen molar-refractivity contribution in [3.63, 3.8) is 0 Å². The molecular weight excluding hydrogens is 176 g/mol. The van der Waals surface area contributed by atoms with Gasteiger partial charge in [0.2, 0.25) is 0 Å². The van der Waals surface area contributed by atoms with Crippen molar-refractivity contribution >= 4 is 23.5 Å². The van der Waals surface area contributed by atoms with Gasteiger partial charge < -0.3 is 15.3 Å². The molecule has 0 aromatic carbocycles. The van der Waals surface area contributed by atoms with Gasteiger partial charge in [0.15, 0.2) is 4.87 Å². The van der Waals surface area contributed by atoms with Gasteiger partial charge in [-0.3, -0.25) is 9.59 Å². The van der Waals surface area contributed by atoms with E-state index in [9.17, 15) is 9.59 Å². The number of alkyl halides is 1. The lowest BCUT2D eigenvalue weighted by Gasteiger charge is -2.15. The summed E-state index contributed by atoms with van der Waals surface area (Å²) >= 11 is 5.22. The molecule has 0 rings (SSSR count). The highest BCUT2D eigenvalue weighted by Crippen LogP contribution is 2.19. The van der Waals surface area contributed by atoms with Gasteiger partial charge in [-0.25, -0.2) is 0 Å². The normalized spacial score (nSPS) is 15.5. The van der Waals surface area contributed by atoms with Crippen LogP contribution in [-0.2, 0) is 9.59 Å². The van der Waals surface area contributed by atoms with Crippen molar-refractivity contribution < 1.29 is 24.9 Å². The van der Waals surface area contributed by atoms with Crippen LogP contribution in [0.5, 0.6) is 0 Å². The first-order chi connectivity index (χ1) is 4.92. The molecule has 0 saturated carbocycles. The van der Waals surface area contributed by atoms with E-state index in [1.54, 1.807) is 0 Å². The zero-order valence-electron chi connectivity index (χ0n) is 5.45. The van der Waals surface area contributed by atoms with E-state index < -0.39 is 29.8 Å². The lowest BCUT2D eigenvalue weighted by Crippen LogP contribution is -2.38. The zero-order chi connectivity index (χ0) is 9.07. The van der Waals surface area contributed by atoms with Crippen LogP contribution in [0.4, 0.5) is 0 Å². The molecule has 11 heavy (non-hydrogen) atoms. The number of rotatable bonds is 4. The smallest absolute Gasteiger partial charge is 0.327 e. The molecule has 1 atom stereocenters. The Morgan fingerprint density at radius 2 is 1.82 bits per heavy atom. The maximum atomic E-state index is 10.2. The van der Waals surface area contributed by atoms with E-state index in [0.717, 1.165) is 0 Å². The van der Waals surface area contributed by atoms with Gasteiger partial charge >= 0.3 is 11.9 Å². The van der Waals surface area contributed by atoms with Gasteiger partial charge in [-0.2, -0.15) is 0 Å². The first kappa shape index (κ1) is 10.2. The van der Waals surface area contributed by atoms with Crippen molar-refractivity contribution in [2.45, 2.75) is 11.3 Å². The monoisotopic (exact) mass is 182 g/mol. The molecule has 1 unspecified atom stereocenters. The van der Waals surface area contributed by atoms with Crippen LogP contribution in [-0.4, -0.2) is 38.7 Å². The highest BCUT2D eigenvalue weighted by molar-refractivity contribution is 6.34. The fourth-order valence-electron chi connectivity index (χ4n) is 0.439. The van der Waals surface area contributed by atoms with E-state index in [2.05, 4.69) is 0 Å². The Morgan fingerprint density at radius 1 is 1.36 bits per heavy atom. The van der Waals surface area contributed by atoms with E-state index in [1.165, 1.54) is 0 Å². The van der Waals surface area contributed by atoms with E-state index in [1.807, 2.05) is 0 Å². The molecule has 0 spiro atoms. The Labute approximate surface area is 67.2 Å². The lowest BCUT2D eigenvalue weighted by molar-refractivity contribution is -0.147. The summed E-state index contributed by atoms with van der Waals surface area (Å²) in [5.41, 5.74) is 0. The summed E-state index contributed by atoms with van der Waals surface area (Å²) < 4.78 is 0. The van der Waals surface area contributed by atoms with E-state index in [4.69, 9.17) is 26.9 Å². The Balaban J connectivity index is 4.34. The van der Waals surface area contributed by atoms with E-state index in [-0.39, 0.29) is 0 Å². The van der Waals surface area contributed by atoms with Crippen molar-refractivity contribution in [3.05, 3.63) is 0 Å². The molecule has 3 N–H and O–H groups in total. The second-order valence-corrected chi connectivity index (χ2v) is 2.72. The molecule has 0 aliphatic heterocycles. The Kier molecular flexibility index (Phi) is 3.28. The number of halogens is 1. The molecule has 0 heterocycles. The van der Waals surface area contributed by atoms with Gasteiger partial charge in [0, 0.05) is 0 Å². The van der Waals surface area contributed by atoms with Crippen LogP contribution in [0.3, 0.4) is 0 Å². The van der Waals surface area contributed by atoms with E-state index in [0.29, 0.717) is 0 Å². The Hall–Kier alpha value is -0.810. The van der Waals surface area contributed by atoms with Gasteiger partial charge in [0.25, 0.3) is 0 Å². The van der Waals surface area contributed by atoms with Crippen LogP contribution >= 0.6 is 11.6 Å². The SMILES string of the molecule is O=C(O)CC(Cl)(CO)C(=O)O. The van der Waals surface area contributed by atoms with Gasteiger partial charge in [-0.1, -0.05) is 0 Å². The molecule has 64 valence electrons. The minimum Gasteiger partial charge on any atom is -0.481 e. The van der Waals surface area contributed by atoms with Gasteiger partial charge in [-0.15, -0.1) is 11.6 Å². The standard InChI is InChI=1S/C5H7ClO5/c6-5(2-7,4(10)11)1-3(8)9/h7H,1-2H2,(H,8,9)(H,10,11). The number of hydrogen-bond acceptors (Lipinski definition) is 3. The number of carboxylic acids is 2. The summed E-state index contributed by atoms with van der Waals surface area (Å²) in [4.78, 5) is 18.2. The third kappa shape index (κ3) is 2.73. The number of carbonyl (C=O) groups is 2. The predicted octanol–water partition coefficient (Wildman–Crippen LogP) is -0.484. The van der Waals surface area contributed by atoms with Crippen LogP contribution in [0.2, 0.25) is 0 Å². The number of aliphatic hydroxyl groups excluding tert-OH is 1. The van der Waals surface area contributed by atoms with Crippen LogP contribution in [0.1, 0.15) is 6.42 Å². The maximum Gasteiger partial charge on any atom is 0.327 e. The van der Waals surface area contributed by atoms with Crippen LogP contribution in [0.15, 0.2) is 0 Å². The highest BCUT2D eigenvalue weighted by Gasteiger charge is 2.38. The molecular formula is C5H7ClO5. The van der Waals surface area contributed by atoms with Crippen molar-refractivity contribution in [2.24, 2.45) is 0 Å². The third-order valence-electron chi connectivity index (χ3n) is 1.07. The van der Waals surface area contributed by atoms with Gasteiger partial charge in [0.1, 0.15) is 0 Å². The van der Waals surface area contributed by atoms with Gasteiger partial charge in [0.05, 0.1) is 13.0 Å². The largest absolute Gasteiger partial charge is 0.481 e. The summed E-state index contributed by atoms with van der Waals surface area (Å²) in [5, 5.41) is 24.9. The Bertz CT molecular complexity index is 180. The summed E-state index contributed by atoms with van der Waals surface area (Å²) in [5.74, 6) is -2.90. The fraction of sp³-hybridized carbons (Fsp3) is 0.600. The number of hydrogen-bond donors (Lipinski definition) is 3.